The third-order valence-corrected chi connectivity index (χ3v) is 1.41. The van der Waals surface area contributed by atoms with E-state index in [2.05, 4.69) is 5.73 Å². The highest BCUT2D eigenvalue weighted by Crippen LogP contribution is 2.47. The molecule has 0 aliphatic carbocycles. The molecule has 1 nitrogen and oxygen atoms in total. The zero-order chi connectivity index (χ0) is 11.8. The molecule has 0 spiro atoms. The highest BCUT2D eigenvalue weighted by atomic mass is 35.5. The van der Waals surface area contributed by atoms with E-state index in [0.29, 0.717) is 0 Å². The van der Waals surface area contributed by atoms with Crippen LogP contribution in [-0.4, -0.2) is 30.7 Å². The molecule has 0 heterocycles. The Hall–Kier alpha value is -0.310. The molecular weight excluding hydrogens is 261 g/mol. The van der Waals surface area contributed by atoms with Crippen molar-refractivity contribution in [2.24, 2.45) is 5.73 Å². The molecule has 0 radical (unpaired) electrons. The molecule has 2 N–H and O–H groups in total. The molecule has 0 aromatic rings. The highest BCUT2D eigenvalue weighted by molar-refractivity contribution is 5.85. The maximum absolute atomic E-state index is 12.3. The second-order valence-corrected chi connectivity index (χ2v) is 2.46. The van der Waals surface area contributed by atoms with Gasteiger partial charge in [0.25, 0.3) is 0 Å². The van der Waals surface area contributed by atoms with Crippen LogP contribution < -0.4 is 5.73 Å². The van der Waals surface area contributed by atoms with Crippen molar-refractivity contribution in [2.45, 2.75) is 24.1 Å². The van der Waals surface area contributed by atoms with Crippen molar-refractivity contribution in [3.05, 3.63) is 0 Å². The van der Waals surface area contributed by atoms with Gasteiger partial charge in [0.15, 0.2) is 0 Å². The van der Waals surface area contributed by atoms with Crippen LogP contribution in [0.15, 0.2) is 0 Å². The molecule has 0 unspecified atom stereocenters. The molecule has 0 rings (SSSR count). The van der Waals surface area contributed by atoms with E-state index in [-0.39, 0.29) is 12.4 Å². The van der Waals surface area contributed by atoms with E-state index in [0.717, 1.165) is 0 Å². The van der Waals surface area contributed by atoms with Crippen LogP contribution in [0.1, 0.15) is 0 Å². The van der Waals surface area contributed by atoms with Gasteiger partial charge in [0, 0.05) is 0 Å². The Bertz CT molecular complexity index is 202. The van der Waals surface area contributed by atoms with Gasteiger partial charge in [0.2, 0.25) is 0 Å². The molecule has 0 bridgehead atoms. The summed E-state index contributed by atoms with van der Waals surface area (Å²) in [5.74, 6) is -12.0. The van der Waals surface area contributed by atoms with Gasteiger partial charge in [0.05, 0.1) is 0 Å². The van der Waals surface area contributed by atoms with E-state index in [1.54, 1.807) is 0 Å². The molecule has 0 saturated heterocycles. The van der Waals surface area contributed by atoms with Gasteiger partial charge in [-0.15, -0.1) is 12.4 Å². The number of nitrogens with two attached hydrogens (primary N) is 1. The van der Waals surface area contributed by atoms with E-state index < -0.39 is 30.7 Å². The van der Waals surface area contributed by atoms with Crippen molar-refractivity contribution in [2.75, 3.05) is 6.67 Å². The van der Waals surface area contributed by atoms with Gasteiger partial charge in [-0.1, -0.05) is 0 Å². The molecule has 0 amide bonds. The smallest absolute Gasteiger partial charge is 0.320 e. The number of halogens is 9. The zero-order valence-electron chi connectivity index (χ0n) is 6.79. The first-order valence-corrected chi connectivity index (χ1v) is 3.12. The average molecular weight is 268 g/mol. The summed E-state index contributed by atoms with van der Waals surface area (Å²) in [7, 11) is 0. The van der Waals surface area contributed by atoms with E-state index >= 15 is 0 Å². The predicted molar refractivity (Wildman–Crippen MR) is 37.1 cm³/mol. The topological polar surface area (TPSA) is 26.0 Å². The van der Waals surface area contributed by atoms with Gasteiger partial charge in [-0.3, -0.25) is 0 Å². The van der Waals surface area contributed by atoms with E-state index in [1.165, 1.54) is 0 Å². The molecule has 0 aromatic carbocycles. The minimum atomic E-state index is -6.47. The second kappa shape index (κ2) is 4.69. The Labute approximate surface area is 85.0 Å². The van der Waals surface area contributed by atoms with E-state index in [4.69, 9.17) is 0 Å². The van der Waals surface area contributed by atoms with Crippen molar-refractivity contribution in [3.8, 4) is 0 Å². The molecule has 10 heteroatoms. The average Bonchev–Trinajstić information content (AvgIpc) is 2.00. The zero-order valence-corrected chi connectivity index (χ0v) is 7.61. The summed E-state index contributed by atoms with van der Waals surface area (Å²) in [4.78, 5) is 0. The highest BCUT2D eigenvalue weighted by Gasteiger charge is 2.74. The Morgan fingerprint density at radius 3 is 1.47 bits per heavy atom. The van der Waals surface area contributed by atoms with Crippen LogP contribution in [-0.2, 0) is 0 Å². The molecule has 0 aromatic heterocycles. The van der Waals surface area contributed by atoms with Gasteiger partial charge in [-0.25, -0.2) is 4.39 Å². The predicted octanol–water partition coefficient (Wildman–Crippen LogP) is 2.54. The molecule has 1 atom stereocenters. The monoisotopic (exact) mass is 267 g/mol. The maximum Gasteiger partial charge on any atom is 0.459 e. The maximum atomic E-state index is 12.3. The van der Waals surface area contributed by atoms with Gasteiger partial charge < -0.3 is 5.73 Å². The normalized spacial score (nSPS) is 15.8. The van der Waals surface area contributed by atoms with Crippen molar-refractivity contribution in [1.82, 2.24) is 0 Å². The molecule has 0 saturated carbocycles. The SMILES string of the molecule is Cl.N[C@@H](CF)C(F)(F)C(F)(F)C(F)(F)F. The lowest BCUT2D eigenvalue weighted by molar-refractivity contribution is -0.358. The number of rotatable bonds is 3. The Morgan fingerprint density at radius 2 is 1.27 bits per heavy atom. The molecule has 94 valence electrons. The number of hydrogen-bond donors (Lipinski definition) is 1. The van der Waals surface area contributed by atoms with Crippen LogP contribution in [0.5, 0.6) is 0 Å². The summed E-state index contributed by atoms with van der Waals surface area (Å²) in [5, 5.41) is 0. The van der Waals surface area contributed by atoms with Crippen molar-refractivity contribution < 1.29 is 35.1 Å². The van der Waals surface area contributed by atoms with Gasteiger partial charge in [0.1, 0.15) is 12.7 Å². The fourth-order valence-electron chi connectivity index (χ4n) is 0.519. The lowest BCUT2D eigenvalue weighted by atomic mass is 10.0. The van der Waals surface area contributed by atoms with Crippen LogP contribution in [0.4, 0.5) is 35.1 Å². The third-order valence-electron chi connectivity index (χ3n) is 1.41. The fourth-order valence-corrected chi connectivity index (χ4v) is 0.519. The fraction of sp³-hybridized carbons (Fsp3) is 1.00. The van der Waals surface area contributed by atoms with E-state index in [1.807, 2.05) is 0 Å². The van der Waals surface area contributed by atoms with Crippen molar-refractivity contribution in [1.29, 1.82) is 0 Å². The first-order chi connectivity index (χ1) is 5.98. The molecule has 0 aliphatic rings. The molecular formula is C5H6ClF8N. The number of alkyl halides is 8. The summed E-state index contributed by atoms with van der Waals surface area (Å²) >= 11 is 0. The number of hydrogen-bond acceptors (Lipinski definition) is 1. The summed E-state index contributed by atoms with van der Waals surface area (Å²) in [6, 6.07) is -3.20. The minimum Gasteiger partial charge on any atom is -0.320 e. The summed E-state index contributed by atoms with van der Waals surface area (Å²) in [5.41, 5.74) is 4.13. The minimum absolute atomic E-state index is 0. The molecule has 0 aliphatic heterocycles. The largest absolute Gasteiger partial charge is 0.459 e. The lowest BCUT2D eigenvalue weighted by Crippen LogP contribution is -2.61. The standard InChI is InChI=1S/C5H5F8N.ClH/c6-1-2(14)3(7,8)4(9,10)5(11,12)13;/h2H,1,14H2;1H/t2-;/m0./s1. The van der Waals surface area contributed by atoms with Crippen LogP contribution >= 0.6 is 12.4 Å². The first-order valence-electron chi connectivity index (χ1n) is 3.12. The van der Waals surface area contributed by atoms with Crippen LogP contribution in [0.25, 0.3) is 0 Å². The summed E-state index contributed by atoms with van der Waals surface area (Å²) in [6.07, 6.45) is -6.47. The molecule has 15 heavy (non-hydrogen) atoms. The van der Waals surface area contributed by atoms with Crippen LogP contribution in [0, 0.1) is 0 Å². The van der Waals surface area contributed by atoms with Crippen LogP contribution in [0.2, 0.25) is 0 Å². The Balaban J connectivity index is 0. The van der Waals surface area contributed by atoms with Gasteiger partial charge in [-0.2, -0.15) is 30.7 Å². The Morgan fingerprint density at radius 1 is 0.933 bits per heavy atom. The van der Waals surface area contributed by atoms with Crippen molar-refractivity contribution in [3.63, 3.8) is 0 Å². The Kier molecular flexibility index (Phi) is 5.34. The molecule has 0 fully saturated rings. The van der Waals surface area contributed by atoms with Gasteiger partial charge >= 0.3 is 18.0 Å². The first kappa shape index (κ1) is 17.1. The quantitative estimate of drug-likeness (QED) is 0.782. The third kappa shape index (κ3) is 2.83. The second-order valence-electron chi connectivity index (χ2n) is 2.46. The van der Waals surface area contributed by atoms with Crippen LogP contribution in [0.3, 0.4) is 0 Å². The lowest BCUT2D eigenvalue weighted by Gasteiger charge is -2.30. The van der Waals surface area contributed by atoms with E-state index in [9.17, 15) is 35.1 Å². The summed E-state index contributed by atoms with van der Waals surface area (Å²) in [6.45, 7) is -2.18. The van der Waals surface area contributed by atoms with Gasteiger partial charge in [-0.05, 0) is 0 Å². The van der Waals surface area contributed by atoms with Crippen molar-refractivity contribution >= 4 is 12.4 Å². The summed E-state index contributed by atoms with van der Waals surface area (Å²) < 4.78 is 94.3.